The largest absolute Gasteiger partial charge is 0.496 e. The number of halogens is 1. The maximum Gasteiger partial charge on any atom is 0.255 e. The summed E-state index contributed by atoms with van der Waals surface area (Å²) in [6, 6.07) is 5.63. The van der Waals surface area contributed by atoms with Gasteiger partial charge in [-0.1, -0.05) is 11.6 Å². The van der Waals surface area contributed by atoms with Gasteiger partial charge in [0.1, 0.15) is 17.9 Å². The Hall–Kier alpha value is -3.46. The van der Waals surface area contributed by atoms with E-state index in [1.165, 1.54) is 31.6 Å². The van der Waals surface area contributed by atoms with E-state index in [4.69, 9.17) is 22.1 Å². The monoisotopic (exact) mass is 426 g/mol. The Morgan fingerprint density at radius 2 is 2.17 bits per heavy atom. The zero-order valence-corrected chi connectivity index (χ0v) is 16.9. The van der Waals surface area contributed by atoms with Crippen LogP contribution >= 0.6 is 11.6 Å². The first-order valence-corrected chi connectivity index (χ1v) is 9.67. The molecule has 3 heterocycles. The topological polar surface area (TPSA) is 125 Å². The van der Waals surface area contributed by atoms with Crippen LogP contribution in [0.5, 0.6) is 5.75 Å². The van der Waals surface area contributed by atoms with Crippen molar-refractivity contribution in [3.8, 4) is 17.1 Å². The Bertz CT molecular complexity index is 1170. The lowest BCUT2D eigenvalue weighted by Crippen LogP contribution is -2.38. The number of ether oxygens (including phenoxy) is 1. The SMILES string of the molecule is COc1cc(N)c(Cl)cc1C(=O)NC1CCCn2c1nc(-c1ccncn1)cc2=O. The average molecular weight is 427 g/mol. The molecule has 9 nitrogen and oxygen atoms in total. The number of nitrogens with one attached hydrogen (secondary N) is 1. The van der Waals surface area contributed by atoms with E-state index in [0.717, 1.165) is 6.42 Å². The number of amides is 1. The Morgan fingerprint density at radius 1 is 1.33 bits per heavy atom. The number of rotatable bonds is 4. The van der Waals surface area contributed by atoms with Gasteiger partial charge < -0.3 is 15.8 Å². The number of anilines is 1. The fourth-order valence-electron chi connectivity index (χ4n) is 3.46. The first-order valence-electron chi connectivity index (χ1n) is 9.30. The van der Waals surface area contributed by atoms with Crippen molar-refractivity contribution in [1.29, 1.82) is 0 Å². The fourth-order valence-corrected chi connectivity index (χ4v) is 3.62. The Morgan fingerprint density at radius 3 is 2.90 bits per heavy atom. The predicted octanol–water partition coefficient (Wildman–Crippen LogP) is 2.21. The minimum absolute atomic E-state index is 0.194. The maximum atomic E-state index is 13.0. The van der Waals surface area contributed by atoms with E-state index in [1.54, 1.807) is 16.8 Å². The second-order valence-corrected chi connectivity index (χ2v) is 7.23. The Balaban J connectivity index is 1.70. The first kappa shape index (κ1) is 19.8. The van der Waals surface area contributed by atoms with Gasteiger partial charge in [0.2, 0.25) is 0 Å². The molecule has 0 radical (unpaired) electrons. The van der Waals surface area contributed by atoms with E-state index in [0.29, 0.717) is 41.6 Å². The van der Waals surface area contributed by atoms with E-state index in [1.807, 2.05) is 0 Å². The molecule has 154 valence electrons. The van der Waals surface area contributed by atoms with Gasteiger partial charge in [0.05, 0.1) is 40.8 Å². The van der Waals surface area contributed by atoms with Crippen LogP contribution in [0.15, 0.2) is 41.6 Å². The van der Waals surface area contributed by atoms with Crippen LogP contribution in [0.3, 0.4) is 0 Å². The smallest absolute Gasteiger partial charge is 0.255 e. The van der Waals surface area contributed by atoms with Crippen molar-refractivity contribution in [3.63, 3.8) is 0 Å². The van der Waals surface area contributed by atoms with Crippen molar-refractivity contribution in [2.75, 3.05) is 12.8 Å². The number of fused-ring (bicyclic) bond motifs is 1. The Kier molecular flexibility index (Phi) is 5.37. The van der Waals surface area contributed by atoms with Gasteiger partial charge in [-0.15, -0.1) is 0 Å². The third-order valence-electron chi connectivity index (χ3n) is 4.94. The Labute approximate surface area is 176 Å². The van der Waals surface area contributed by atoms with E-state index >= 15 is 0 Å². The highest BCUT2D eigenvalue weighted by atomic mass is 35.5. The highest BCUT2D eigenvalue weighted by molar-refractivity contribution is 6.33. The molecule has 1 aliphatic rings. The summed E-state index contributed by atoms with van der Waals surface area (Å²) >= 11 is 6.09. The second kappa shape index (κ2) is 8.11. The molecule has 0 saturated carbocycles. The summed E-state index contributed by atoms with van der Waals surface area (Å²) in [4.78, 5) is 38.3. The van der Waals surface area contributed by atoms with E-state index in [2.05, 4.69) is 20.3 Å². The highest BCUT2D eigenvalue weighted by Gasteiger charge is 2.27. The van der Waals surface area contributed by atoms with Crippen LogP contribution in [-0.4, -0.2) is 32.5 Å². The van der Waals surface area contributed by atoms with Gasteiger partial charge in [-0.3, -0.25) is 14.2 Å². The van der Waals surface area contributed by atoms with Crippen molar-refractivity contribution in [2.24, 2.45) is 0 Å². The van der Waals surface area contributed by atoms with Crippen LogP contribution in [-0.2, 0) is 6.54 Å². The molecule has 30 heavy (non-hydrogen) atoms. The van der Waals surface area contributed by atoms with Crippen molar-refractivity contribution in [1.82, 2.24) is 24.8 Å². The molecule has 0 fully saturated rings. The summed E-state index contributed by atoms with van der Waals surface area (Å²) in [5.74, 6) is 0.399. The van der Waals surface area contributed by atoms with Gasteiger partial charge in [-0.2, -0.15) is 0 Å². The van der Waals surface area contributed by atoms with Gasteiger partial charge in [0, 0.05) is 24.9 Å². The van der Waals surface area contributed by atoms with Crippen molar-refractivity contribution >= 4 is 23.2 Å². The quantitative estimate of drug-likeness (QED) is 0.612. The minimum atomic E-state index is -0.457. The molecule has 1 amide bonds. The molecule has 2 aromatic heterocycles. The van der Waals surface area contributed by atoms with Gasteiger partial charge in [0.25, 0.3) is 11.5 Å². The number of hydrogen-bond acceptors (Lipinski definition) is 7. The third-order valence-corrected chi connectivity index (χ3v) is 5.26. The molecule has 4 rings (SSSR count). The number of methoxy groups -OCH3 is 1. The maximum absolute atomic E-state index is 13.0. The first-order chi connectivity index (χ1) is 14.5. The zero-order valence-electron chi connectivity index (χ0n) is 16.1. The van der Waals surface area contributed by atoms with Gasteiger partial charge in [-0.25, -0.2) is 15.0 Å². The van der Waals surface area contributed by atoms with E-state index in [9.17, 15) is 9.59 Å². The summed E-state index contributed by atoms with van der Waals surface area (Å²) in [5, 5.41) is 3.20. The molecular formula is C20H19ClN6O3. The number of nitrogen functional groups attached to an aromatic ring is 1. The van der Waals surface area contributed by atoms with Crippen molar-refractivity contribution < 1.29 is 9.53 Å². The van der Waals surface area contributed by atoms with Gasteiger partial charge >= 0.3 is 0 Å². The van der Waals surface area contributed by atoms with Gasteiger partial charge in [-0.05, 0) is 25.0 Å². The molecule has 3 N–H and O–H groups in total. The molecule has 3 aromatic rings. The molecule has 1 atom stereocenters. The summed E-state index contributed by atoms with van der Waals surface area (Å²) in [6.07, 6.45) is 4.34. The summed E-state index contributed by atoms with van der Waals surface area (Å²) in [5.41, 5.74) is 7.14. The van der Waals surface area contributed by atoms with Crippen LogP contribution in [0, 0.1) is 0 Å². The summed E-state index contributed by atoms with van der Waals surface area (Å²) in [6.45, 7) is 0.536. The van der Waals surface area contributed by atoms with Crippen molar-refractivity contribution in [3.05, 3.63) is 63.6 Å². The molecule has 0 spiro atoms. The number of nitrogens with zero attached hydrogens (tertiary/aromatic N) is 4. The minimum Gasteiger partial charge on any atom is -0.496 e. The second-order valence-electron chi connectivity index (χ2n) is 6.83. The highest BCUT2D eigenvalue weighted by Crippen LogP contribution is 2.30. The summed E-state index contributed by atoms with van der Waals surface area (Å²) < 4.78 is 6.85. The lowest BCUT2D eigenvalue weighted by molar-refractivity contribution is 0.0924. The molecule has 1 aliphatic heterocycles. The fraction of sp³-hybridized carbons (Fsp3) is 0.250. The molecule has 1 aromatic carbocycles. The molecule has 10 heteroatoms. The third kappa shape index (κ3) is 3.71. The molecular weight excluding hydrogens is 408 g/mol. The van der Waals surface area contributed by atoms with E-state index in [-0.39, 0.29) is 16.1 Å². The van der Waals surface area contributed by atoms with E-state index < -0.39 is 11.9 Å². The lowest BCUT2D eigenvalue weighted by atomic mass is 10.0. The molecule has 0 aliphatic carbocycles. The predicted molar refractivity (Wildman–Crippen MR) is 111 cm³/mol. The average Bonchev–Trinajstić information content (AvgIpc) is 2.76. The number of carbonyl (C=O) groups excluding carboxylic acids is 1. The van der Waals surface area contributed by atoms with Crippen LogP contribution in [0.25, 0.3) is 11.4 Å². The number of carbonyl (C=O) groups is 1. The molecule has 1 unspecified atom stereocenters. The van der Waals surface area contributed by atoms with Crippen LogP contribution in [0.4, 0.5) is 5.69 Å². The van der Waals surface area contributed by atoms with Gasteiger partial charge in [0.15, 0.2) is 0 Å². The number of aromatic nitrogens is 4. The zero-order chi connectivity index (χ0) is 21.3. The number of benzene rings is 1. The normalized spacial score (nSPS) is 15.3. The lowest BCUT2D eigenvalue weighted by Gasteiger charge is -2.27. The van der Waals surface area contributed by atoms with Crippen molar-refractivity contribution in [2.45, 2.75) is 25.4 Å². The standard InChI is InChI=1S/C20H19ClN6O3/c1-30-17-8-13(22)12(21)7-11(17)20(29)26-15-3-2-6-27-18(28)9-16(25-19(15)27)14-4-5-23-10-24-14/h4-5,7-10,15H,2-3,6,22H2,1H3,(H,26,29). The van der Waals surface area contributed by atoms with Crippen LogP contribution in [0.2, 0.25) is 5.02 Å². The van der Waals surface area contributed by atoms with Crippen LogP contribution < -0.4 is 21.3 Å². The number of hydrogen-bond donors (Lipinski definition) is 2. The van der Waals surface area contributed by atoms with Crippen LogP contribution in [0.1, 0.15) is 35.1 Å². The number of nitrogens with two attached hydrogens (primary N) is 1. The molecule has 0 bridgehead atoms. The summed E-state index contributed by atoms with van der Waals surface area (Å²) in [7, 11) is 1.45. The molecule has 0 saturated heterocycles.